The lowest BCUT2D eigenvalue weighted by Gasteiger charge is -2.10. The second-order valence-electron chi connectivity index (χ2n) is 7.36. The van der Waals surface area contributed by atoms with Gasteiger partial charge in [-0.1, -0.05) is 6.07 Å². The van der Waals surface area contributed by atoms with E-state index >= 15 is 0 Å². The van der Waals surface area contributed by atoms with Crippen molar-refractivity contribution in [1.29, 1.82) is 0 Å². The Morgan fingerprint density at radius 2 is 1.68 bits per heavy atom. The van der Waals surface area contributed by atoms with E-state index in [-0.39, 0.29) is 11.6 Å². The van der Waals surface area contributed by atoms with Crippen LogP contribution < -0.4 is 16.4 Å². The smallest absolute Gasteiger partial charge is 0.323 e. The van der Waals surface area contributed by atoms with Crippen LogP contribution in [-0.4, -0.2) is 31.3 Å². The van der Waals surface area contributed by atoms with Crippen molar-refractivity contribution in [2.75, 3.05) is 16.4 Å². The molecule has 0 aliphatic carbocycles. The number of nitrogens with zero attached hydrogens (tertiary/aromatic N) is 4. The number of aryl methyl sites for hydroxylation is 3. The Hall–Kier alpha value is -4.27. The molecular weight excluding hydrogens is 394 g/mol. The van der Waals surface area contributed by atoms with E-state index in [0.717, 1.165) is 11.1 Å². The minimum atomic E-state index is -0.431. The highest BCUT2D eigenvalue weighted by Crippen LogP contribution is 2.26. The Morgan fingerprint density at radius 3 is 2.42 bits per heavy atom. The van der Waals surface area contributed by atoms with Crippen LogP contribution in [0.4, 0.5) is 22.0 Å². The lowest BCUT2D eigenvalue weighted by atomic mass is 10.1. The molecule has 3 aromatic heterocycles. The first-order valence-electron chi connectivity index (χ1n) is 9.53. The number of hydrogen-bond acceptors (Lipinski definition) is 6. The second kappa shape index (κ2) is 7.86. The van der Waals surface area contributed by atoms with Crippen LogP contribution in [0.25, 0.3) is 11.0 Å². The molecule has 4 rings (SSSR count). The van der Waals surface area contributed by atoms with E-state index in [2.05, 4.69) is 25.6 Å². The van der Waals surface area contributed by atoms with E-state index in [1.165, 1.54) is 18.7 Å². The fourth-order valence-electron chi connectivity index (χ4n) is 3.54. The van der Waals surface area contributed by atoms with Crippen LogP contribution in [0.2, 0.25) is 0 Å². The maximum atomic E-state index is 13.1. The fourth-order valence-corrected chi connectivity index (χ4v) is 3.54. The number of amides is 2. The predicted octanol–water partition coefficient (Wildman–Crippen LogP) is 3.44. The summed E-state index contributed by atoms with van der Waals surface area (Å²) in [6, 6.07) is 6.90. The SMILES string of the molecule is Cc1cc(C)cc(NC(=O)Nc2cncc(C(=O)c3cn(C)c4ncnc(N)c34)c2)c1. The number of hydrogen-bond donors (Lipinski definition) is 3. The maximum absolute atomic E-state index is 13.1. The highest BCUT2D eigenvalue weighted by atomic mass is 16.2. The second-order valence-corrected chi connectivity index (χ2v) is 7.36. The molecule has 0 bridgehead atoms. The molecule has 31 heavy (non-hydrogen) atoms. The molecule has 1 aromatic carbocycles. The first-order chi connectivity index (χ1) is 14.8. The summed E-state index contributed by atoms with van der Waals surface area (Å²) in [5.74, 6) is -0.0676. The topological polar surface area (TPSA) is 128 Å². The van der Waals surface area contributed by atoms with E-state index in [1.807, 2.05) is 32.0 Å². The number of nitrogens with one attached hydrogen (secondary N) is 2. The first kappa shape index (κ1) is 20.0. The highest BCUT2D eigenvalue weighted by molar-refractivity contribution is 6.18. The van der Waals surface area contributed by atoms with Gasteiger partial charge in [-0.3, -0.25) is 9.78 Å². The Kier molecular flexibility index (Phi) is 5.08. The monoisotopic (exact) mass is 415 g/mol. The van der Waals surface area contributed by atoms with Gasteiger partial charge in [0.05, 0.1) is 22.8 Å². The number of nitrogens with two attached hydrogens (primary N) is 1. The summed E-state index contributed by atoms with van der Waals surface area (Å²) in [4.78, 5) is 37.8. The number of aromatic nitrogens is 4. The van der Waals surface area contributed by atoms with Crippen molar-refractivity contribution in [2.24, 2.45) is 7.05 Å². The molecular formula is C22H21N7O2. The lowest BCUT2D eigenvalue weighted by molar-refractivity contribution is 0.103. The largest absolute Gasteiger partial charge is 0.383 e. The van der Waals surface area contributed by atoms with Gasteiger partial charge in [-0.2, -0.15) is 0 Å². The Balaban J connectivity index is 1.57. The summed E-state index contributed by atoms with van der Waals surface area (Å²) in [7, 11) is 1.78. The number of anilines is 3. The van der Waals surface area contributed by atoms with Crippen LogP contribution in [0.5, 0.6) is 0 Å². The molecule has 0 spiro atoms. The zero-order valence-electron chi connectivity index (χ0n) is 17.3. The van der Waals surface area contributed by atoms with Crippen molar-refractivity contribution < 1.29 is 9.59 Å². The number of fused-ring (bicyclic) bond motifs is 1. The lowest BCUT2D eigenvalue weighted by Crippen LogP contribution is -2.20. The molecule has 2 amide bonds. The van der Waals surface area contributed by atoms with E-state index in [9.17, 15) is 9.59 Å². The van der Waals surface area contributed by atoms with Crippen molar-refractivity contribution in [1.82, 2.24) is 19.5 Å². The summed E-state index contributed by atoms with van der Waals surface area (Å²) >= 11 is 0. The van der Waals surface area contributed by atoms with Crippen LogP contribution in [0.15, 0.2) is 49.2 Å². The molecule has 9 heteroatoms. The molecule has 0 atom stereocenters. The van der Waals surface area contributed by atoms with Gasteiger partial charge in [-0.15, -0.1) is 0 Å². The molecule has 9 nitrogen and oxygen atoms in total. The fraction of sp³-hybridized carbons (Fsp3) is 0.136. The number of rotatable bonds is 4. The average molecular weight is 415 g/mol. The summed E-state index contributed by atoms with van der Waals surface area (Å²) in [6.45, 7) is 3.92. The predicted molar refractivity (Wildman–Crippen MR) is 119 cm³/mol. The minimum Gasteiger partial charge on any atom is -0.383 e. The van der Waals surface area contributed by atoms with E-state index in [0.29, 0.717) is 33.5 Å². The highest BCUT2D eigenvalue weighted by Gasteiger charge is 2.20. The molecule has 0 radical (unpaired) electrons. The van der Waals surface area contributed by atoms with Crippen molar-refractivity contribution in [3.8, 4) is 0 Å². The molecule has 0 fully saturated rings. The molecule has 4 N–H and O–H groups in total. The molecule has 156 valence electrons. The van der Waals surface area contributed by atoms with Gasteiger partial charge in [-0.05, 0) is 43.2 Å². The molecule has 3 heterocycles. The van der Waals surface area contributed by atoms with Gasteiger partial charge < -0.3 is 20.9 Å². The molecule has 0 saturated heterocycles. The number of benzene rings is 1. The molecule has 0 aliphatic rings. The number of pyridine rings is 1. The van der Waals surface area contributed by atoms with Crippen molar-refractivity contribution in [2.45, 2.75) is 13.8 Å². The number of carbonyl (C=O) groups is 2. The van der Waals surface area contributed by atoms with Gasteiger partial charge in [0, 0.05) is 30.7 Å². The van der Waals surface area contributed by atoms with E-state index < -0.39 is 6.03 Å². The Morgan fingerprint density at radius 1 is 0.968 bits per heavy atom. The summed E-state index contributed by atoms with van der Waals surface area (Å²) in [5, 5.41) is 5.99. The van der Waals surface area contributed by atoms with Gasteiger partial charge >= 0.3 is 6.03 Å². The Bertz CT molecular complexity index is 1310. The van der Waals surface area contributed by atoms with Crippen molar-refractivity contribution in [3.63, 3.8) is 0 Å². The third-order valence-corrected chi connectivity index (χ3v) is 4.77. The van der Waals surface area contributed by atoms with E-state index in [4.69, 9.17) is 5.73 Å². The van der Waals surface area contributed by atoms with Gasteiger partial charge in [-0.25, -0.2) is 14.8 Å². The number of ketones is 1. The van der Waals surface area contributed by atoms with Crippen LogP contribution >= 0.6 is 0 Å². The summed E-state index contributed by atoms with van der Waals surface area (Å²) in [5.41, 5.74) is 10.4. The van der Waals surface area contributed by atoms with Gasteiger partial charge in [0.1, 0.15) is 17.8 Å². The summed E-state index contributed by atoms with van der Waals surface area (Å²) in [6.07, 6.45) is 5.92. The summed E-state index contributed by atoms with van der Waals surface area (Å²) < 4.78 is 1.72. The number of urea groups is 1. The van der Waals surface area contributed by atoms with Gasteiger partial charge in [0.2, 0.25) is 0 Å². The minimum absolute atomic E-state index is 0.226. The zero-order chi connectivity index (χ0) is 22.1. The molecule has 4 aromatic rings. The quantitative estimate of drug-likeness (QED) is 0.438. The van der Waals surface area contributed by atoms with Crippen LogP contribution in [0.1, 0.15) is 27.0 Å². The van der Waals surface area contributed by atoms with Crippen molar-refractivity contribution >= 4 is 40.0 Å². The molecule has 0 aliphatic heterocycles. The molecule has 0 saturated carbocycles. The van der Waals surface area contributed by atoms with Crippen molar-refractivity contribution in [3.05, 3.63) is 71.4 Å². The van der Waals surface area contributed by atoms with E-state index in [1.54, 1.807) is 23.9 Å². The third-order valence-electron chi connectivity index (χ3n) is 4.77. The van der Waals surface area contributed by atoms with Gasteiger partial charge in [0.15, 0.2) is 5.78 Å². The van der Waals surface area contributed by atoms with Crippen LogP contribution in [0.3, 0.4) is 0 Å². The standard InChI is InChI=1S/C22H21N7O2/c1-12-4-13(2)6-15(5-12)27-22(31)28-16-7-14(8-24-9-16)19(30)17-10-29(3)21-18(17)20(23)25-11-26-21/h4-11H,1-3H3,(H2,23,25,26)(H2,27,28,31). The van der Waals surface area contributed by atoms with Gasteiger partial charge in [0.25, 0.3) is 0 Å². The van der Waals surface area contributed by atoms with Crippen LogP contribution in [-0.2, 0) is 7.05 Å². The molecule has 0 unspecified atom stereocenters. The Labute approximate surface area is 178 Å². The normalized spacial score (nSPS) is 10.8. The first-order valence-corrected chi connectivity index (χ1v) is 9.53. The number of nitrogen functional groups attached to an aromatic ring is 1. The third kappa shape index (κ3) is 4.06. The zero-order valence-corrected chi connectivity index (χ0v) is 17.3. The van der Waals surface area contributed by atoms with Crippen LogP contribution in [0, 0.1) is 13.8 Å². The average Bonchev–Trinajstić information content (AvgIpc) is 3.05. The maximum Gasteiger partial charge on any atom is 0.323 e. The number of carbonyl (C=O) groups excluding carboxylic acids is 2.